The van der Waals surface area contributed by atoms with Crippen molar-refractivity contribution in [1.82, 2.24) is 5.32 Å². The largest absolute Gasteiger partial charge is 0.472 e. The van der Waals surface area contributed by atoms with Gasteiger partial charge < -0.3 is 19.4 Å². The van der Waals surface area contributed by atoms with Crippen molar-refractivity contribution in [2.75, 3.05) is 40.9 Å². The molecule has 1 amide bonds. The van der Waals surface area contributed by atoms with Gasteiger partial charge in [0.1, 0.15) is 19.3 Å². The third kappa shape index (κ3) is 49.6. The minimum atomic E-state index is -4.46. The van der Waals surface area contributed by atoms with Crippen LogP contribution < -0.4 is 5.32 Å². The van der Waals surface area contributed by atoms with Crippen LogP contribution in [0.15, 0.2) is 109 Å². The van der Waals surface area contributed by atoms with E-state index in [1.807, 2.05) is 33.3 Å². The van der Waals surface area contributed by atoms with Crippen LogP contribution in [0.1, 0.15) is 207 Å². The second-order valence-electron chi connectivity index (χ2n) is 19.3. The van der Waals surface area contributed by atoms with Crippen LogP contribution in [0, 0.1) is 0 Å². The molecule has 9 nitrogen and oxygen atoms in total. The van der Waals surface area contributed by atoms with Crippen molar-refractivity contribution < 1.29 is 37.3 Å². The zero-order valence-corrected chi connectivity index (χ0v) is 46.4. The summed E-state index contributed by atoms with van der Waals surface area (Å²) in [6.07, 6.45) is 66.6. The normalized spacial score (nSPS) is 14.7. The summed E-state index contributed by atoms with van der Waals surface area (Å²) in [5.41, 5.74) is 0. The van der Waals surface area contributed by atoms with E-state index >= 15 is 0 Å². The van der Waals surface area contributed by atoms with Crippen LogP contribution in [0.2, 0.25) is 0 Å². The molecule has 0 rings (SSSR count). The molecule has 0 saturated carbocycles. The number of ether oxygens (including phenoxy) is 1. The van der Waals surface area contributed by atoms with Crippen molar-refractivity contribution in [3.8, 4) is 0 Å². The summed E-state index contributed by atoms with van der Waals surface area (Å²) in [6.45, 7) is 6.70. The number of esters is 1. The number of nitrogens with one attached hydrogen (secondary N) is 1. The average Bonchev–Trinajstić information content (AvgIpc) is 3.32. The number of hydrogen-bond donors (Lipinski definition) is 2. The first-order valence-electron chi connectivity index (χ1n) is 27.7. The fourth-order valence-corrected chi connectivity index (χ4v) is 7.96. The number of carbonyl (C=O) groups is 2. The molecule has 0 saturated heterocycles. The Labute approximate surface area is 430 Å². The predicted octanol–water partition coefficient (Wildman–Crippen LogP) is 16.6. The molecule has 0 aliphatic rings. The number of hydrogen-bond acceptors (Lipinski definition) is 6. The van der Waals surface area contributed by atoms with Crippen LogP contribution >= 0.6 is 7.82 Å². The lowest BCUT2D eigenvalue weighted by Gasteiger charge is -2.27. The summed E-state index contributed by atoms with van der Waals surface area (Å²) < 4.78 is 30.5. The molecule has 10 heteroatoms. The van der Waals surface area contributed by atoms with Gasteiger partial charge in [-0.25, -0.2) is 4.57 Å². The smallest absolute Gasteiger partial charge is 0.456 e. The van der Waals surface area contributed by atoms with Crippen LogP contribution in [0.4, 0.5) is 0 Å². The van der Waals surface area contributed by atoms with Gasteiger partial charge in [-0.1, -0.05) is 201 Å². The molecule has 0 radical (unpaired) electrons. The van der Waals surface area contributed by atoms with Gasteiger partial charge in [-0.15, -0.1) is 0 Å². The molecule has 400 valence electrons. The van der Waals surface area contributed by atoms with E-state index in [9.17, 15) is 19.0 Å². The molecule has 0 fully saturated rings. The van der Waals surface area contributed by atoms with Gasteiger partial charge >= 0.3 is 13.8 Å². The molecule has 0 aromatic carbocycles. The number of phosphoric ester groups is 1. The summed E-state index contributed by atoms with van der Waals surface area (Å²) in [7, 11) is 1.44. The molecule has 3 atom stereocenters. The summed E-state index contributed by atoms with van der Waals surface area (Å²) in [5.74, 6) is -0.599. The van der Waals surface area contributed by atoms with Crippen molar-refractivity contribution in [3.05, 3.63) is 109 Å². The van der Waals surface area contributed by atoms with Crippen molar-refractivity contribution in [2.24, 2.45) is 0 Å². The van der Waals surface area contributed by atoms with Gasteiger partial charge in [0.15, 0.2) is 0 Å². The number of quaternary nitrogens is 1. The molecule has 3 unspecified atom stereocenters. The highest BCUT2D eigenvalue weighted by molar-refractivity contribution is 7.47. The fourth-order valence-electron chi connectivity index (χ4n) is 7.22. The van der Waals surface area contributed by atoms with Gasteiger partial charge in [0, 0.05) is 12.8 Å². The van der Waals surface area contributed by atoms with E-state index in [2.05, 4.69) is 123 Å². The Balaban J connectivity index is 5.47. The van der Waals surface area contributed by atoms with Crippen molar-refractivity contribution >= 4 is 19.7 Å². The monoisotopic (exact) mass is 996 g/mol. The Morgan fingerprint density at radius 1 is 0.514 bits per heavy atom. The van der Waals surface area contributed by atoms with Gasteiger partial charge in [-0.3, -0.25) is 18.6 Å². The van der Waals surface area contributed by atoms with E-state index in [4.69, 9.17) is 13.8 Å². The summed E-state index contributed by atoms with van der Waals surface area (Å²) >= 11 is 0. The molecule has 70 heavy (non-hydrogen) atoms. The van der Waals surface area contributed by atoms with Crippen molar-refractivity contribution in [1.29, 1.82) is 0 Å². The SMILES string of the molecule is CC/C=C\C/C=C\C/C=C\C/C=C\C/C=C\CCCC(=O)OC(/C=C/CCCCCCCCCCC)C(COP(=O)(O)OCC[N+](C)(C)C)NC(=O)CCCCCCCC/C=C/C/C=C/C/C=C/CC. The van der Waals surface area contributed by atoms with Gasteiger partial charge in [0.25, 0.3) is 0 Å². The maximum absolute atomic E-state index is 13.5. The number of likely N-dealkylation sites (N-methyl/N-ethyl adjacent to an activating group) is 1. The lowest BCUT2D eigenvalue weighted by molar-refractivity contribution is -0.870. The minimum absolute atomic E-state index is 0.0228. The molecular formula is C60H104N2O7P+. The van der Waals surface area contributed by atoms with Crippen LogP contribution in [0.5, 0.6) is 0 Å². The van der Waals surface area contributed by atoms with Gasteiger partial charge in [-0.05, 0) is 102 Å². The lowest BCUT2D eigenvalue weighted by atomic mass is 10.1. The molecule has 0 aromatic rings. The number of unbranched alkanes of at least 4 members (excludes halogenated alkanes) is 16. The Hall–Kier alpha value is -3.33. The number of allylic oxidation sites excluding steroid dienone is 17. The first kappa shape index (κ1) is 66.7. The molecule has 2 N–H and O–H groups in total. The summed E-state index contributed by atoms with van der Waals surface area (Å²) in [4.78, 5) is 37.5. The van der Waals surface area contributed by atoms with E-state index in [-0.39, 0.29) is 25.5 Å². The van der Waals surface area contributed by atoms with Gasteiger partial charge in [0.05, 0.1) is 33.8 Å². The van der Waals surface area contributed by atoms with Gasteiger partial charge in [0.2, 0.25) is 5.91 Å². The molecule has 0 bridgehead atoms. The topological polar surface area (TPSA) is 111 Å². The average molecular weight is 996 g/mol. The maximum atomic E-state index is 13.5. The number of nitrogens with zero attached hydrogens (tertiary/aromatic N) is 1. The van der Waals surface area contributed by atoms with Crippen LogP contribution in [-0.2, 0) is 27.9 Å². The highest BCUT2D eigenvalue weighted by Crippen LogP contribution is 2.43. The maximum Gasteiger partial charge on any atom is 0.472 e. The molecule has 0 spiro atoms. The second-order valence-corrected chi connectivity index (χ2v) is 20.8. The quantitative estimate of drug-likeness (QED) is 0.0205. The number of carbonyl (C=O) groups excluding carboxylic acids is 2. The van der Waals surface area contributed by atoms with E-state index < -0.39 is 25.9 Å². The third-order valence-corrected chi connectivity index (χ3v) is 12.4. The fraction of sp³-hybridized carbons (Fsp3) is 0.667. The van der Waals surface area contributed by atoms with Crippen LogP contribution in [-0.4, -0.2) is 74.3 Å². The molecule has 0 aliphatic carbocycles. The van der Waals surface area contributed by atoms with Crippen molar-refractivity contribution in [2.45, 2.75) is 219 Å². The first-order valence-corrected chi connectivity index (χ1v) is 29.2. The number of rotatable bonds is 48. The van der Waals surface area contributed by atoms with E-state index in [0.717, 1.165) is 122 Å². The van der Waals surface area contributed by atoms with Crippen LogP contribution in [0.3, 0.4) is 0 Å². The number of amides is 1. The van der Waals surface area contributed by atoms with E-state index in [1.54, 1.807) is 0 Å². The number of phosphoric acid groups is 1. The lowest BCUT2D eigenvalue weighted by Crippen LogP contribution is -2.47. The predicted molar refractivity (Wildman–Crippen MR) is 300 cm³/mol. The minimum Gasteiger partial charge on any atom is -0.456 e. The van der Waals surface area contributed by atoms with Crippen molar-refractivity contribution in [3.63, 3.8) is 0 Å². The molecular weight excluding hydrogens is 892 g/mol. The second kappa shape index (κ2) is 49.3. The third-order valence-electron chi connectivity index (χ3n) is 11.5. The Morgan fingerprint density at radius 2 is 0.929 bits per heavy atom. The zero-order valence-electron chi connectivity index (χ0n) is 45.5. The summed E-state index contributed by atoms with van der Waals surface area (Å²) in [6, 6.07) is -0.884. The van der Waals surface area contributed by atoms with E-state index in [0.29, 0.717) is 23.9 Å². The Morgan fingerprint density at radius 3 is 1.40 bits per heavy atom. The molecule has 0 aromatic heterocycles. The highest BCUT2D eigenvalue weighted by atomic mass is 31.2. The van der Waals surface area contributed by atoms with Crippen LogP contribution in [0.25, 0.3) is 0 Å². The zero-order chi connectivity index (χ0) is 51.5. The Bertz CT molecular complexity index is 1570. The molecule has 0 aliphatic heterocycles. The highest BCUT2D eigenvalue weighted by Gasteiger charge is 2.30. The van der Waals surface area contributed by atoms with E-state index in [1.165, 1.54) is 44.9 Å². The van der Waals surface area contributed by atoms with Gasteiger partial charge in [-0.2, -0.15) is 0 Å². The summed E-state index contributed by atoms with van der Waals surface area (Å²) in [5, 5.41) is 3.02. The standard InChI is InChI=1S/C60H103N2O7P/c1-7-10-13-16-19-22-25-27-29-31-33-35-38-41-44-47-50-53-60(64)69-58(51-48-45-42-39-36-24-21-18-15-12-9-3)57(56-68-70(65,66)67-55-54-62(4,5)6)61-59(63)52-49-46-43-40-37-34-32-30-28-26-23-20-17-14-11-8-2/h10-11,13-14,19-20,22-23,27-30,33,35,41,44,48,51,57-58H,7-9,12,15-18,21,24-26,31-32,34,36-40,42-43,45-47,49-50,52-56H2,1-6H3,(H-,61,63,65,66)/p+1/b13-10-,14-11+,22-19-,23-20+,29-27-,30-28+,35-33-,44-41-,51-48+. The first-order chi connectivity index (χ1) is 33.9. The molecule has 0 heterocycles. The Kier molecular flexibility index (Phi) is 46.9.